The SMILES string of the molecule is CC1(C)c2ccccc2N(CCNCC(=O)O)C12C=Cc1cc([N+](=O)[O-])ccc1O2. The van der Waals surface area contributed by atoms with Crippen molar-refractivity contribution in [2.45, 2.75) is 25.0 Å². The number of nitrogens with one attached hydrogen (secondary N) is 1. The minimum Gasteiger partial charge on any atom is -0.480 e. The highest BCUT2D eigenvalue weighted by molar-refractivity contribution is 5.73. The first-order valence-electron chi connectivity index (χ1n) is 9.72. The lowest BCUT2D eigenvalue weighted by Gasteiger charge is -2.47. The van der Waals surface area contributed by atoms with E-state index in [0.29, 0.717) is 24.4 Å². The summed E-state index contributed by atoms with van der Waals surface area (Å²) in [6, 6.07) is 12.7. The number of nitrogens with zero attached hydrogens (tertiary/aromatic N) is 2. The molecule has 0 saturated heterocycles. The van der Waals surface area contributed by atoms with Gasteiger partial charge < -0.3 is 20.1 Å². The summed E-state index contributed by atoms with van der Waals surface area (Å²) >= 11 is 0. The number of fused-ring (bicyclic) bond motifs is 2. The Morgan fingerprint density at radius 1 is 1.27 bits per heavy atom. The number of hydrogen-bond donors (Lipinski definition) is 2. The number of anilines is 1. The van der Waals surface area contributed by atoms with Gasteiger partial charge in [0.15, 0.2) is 0 Å². The molecule has 2 aliphatic rings. The smallest absolute Gasteiger partial charge is 0.317 e. The molecule has 30 heavy (non-hydrogen) atoms. The molecular formula is C22H23N3O5. The molecule has 2 N–H and O–H groups in total. The van der Waals surface area contributed by atoms with Gasteiger partial charge in [-0.3, -0.25) is 14.9 Å². The second-order valence-electron chi connectivity index (χ2n) is 7.98. The Balaban J connectivity index is 1.73. The fraction of sp³-hybridized carbons (Fsp3) is 0.318. The third-order valence-electron chi connectivity index (χ3n) is 5.91. The van der Waals surface area contributed by atoms with Gasteiger partial charge in [-0.25, -0.2) is 0 Å². The second kappa shape index (κ2) is 7.14. The molecule has 0 aromatic heterocycles. The Labute approximate surface area is 173 Å². The van der Waals surface area contributed by atoms with Crippen LogP contribution in [-0.4, -0.2) is 41.4 Å². The fourth-order valence-corrected chi connectivity index (χ4v) is 4.38. The normalized spacial score (nSPS) is 20.5. The zero-order chi connectivity index (χ0) is 21.5. The lowest BCUT2D eigenvalue weighted by atomic mass is 9.76. The lowest BCUT2D eigenvalue weighted by Crippen LogP contribution is -2.60. The minimum absolute atomic E-state index is 0.0154. The minimum atomic E-state index is -0.906. The van der Waals surface area contributed by atoms with Crippen LogP contribution in [0.3, 0.4) is 0 Å². The first kappa shape index (κ1) is 19.9. The highest BCUT2D eigenvalue weighted by atomic mass is 16.6. The van der Waals surface area contributed by atoms with Gasteiger partial charge in [-0.05, 0) is 43.7 Å². The number of non-ortho nitro benzene ring substituents is 1. The van der Waals surface area contributed by atoms with E-state index in [9.17, 15) is 14.9 Å². The van der Waals surface area contributed by atoms with E-state index in [2.05, 4.69) is 30.1 Å². The number of carbonyl (C=O) groups is 1. The Hall–Kier alpha value is -3.39. The van der Waals surface area contributed by atoms with Gasteiger partial charge in [-0.15, -0.1) is 0 Å². The van der Waals surface area contributed by atoms with Crippen LogP contribution in [0.2, 0.25) is 0 Å². The van der Waals surface area contributed by atoms with E-state index >= 15 is 0 Å². The number of nitro benzene ring substituents is 1. The molecule has 2 aliphatic heterocycles. The molecule has 156 valence electrons. The van der Waals surface area contributed by atoms with Gasteiger partial charge in [0.25, 0.3) is 5.69 Å². The molecule has 1 atom stereocenters. The van der Waals surface area contributed by atoms with Crippen molar-refractivity contribution in [3.8, 4) is 5.75 Å². The summed E-state index contributed by atoms with van der Waals surface area (Å²) in [4.78, 5) is 23.7. The van der Waals surface area contributed by atoms with E-state index in [1.165, 1.54) is 12.1 Å². The molecule has 4 rings (SSSR count). The van der Waals surface area contributed by atoms with Gasteiger partial charge in [-0.1, -0.05) is 18.2 Å². The van der Waals surface area contributed by atoms with Crippen LogP contribution in [0, 0.1) is 10.1 Å². The van der Waals surface area contributed by atoms with Crippen molar-refractivity contribution in [3.05, 3.63) is 69.8 Å². The average Bonchev–Trinajstić information content (AvgIpc) is 2.89. The topological polar surface area (TPSA) is 105 Å². The summed E-state index contributed by atoms with van der Waals surface area (Å²) in [5.41, 5.74) is 1.55. The molecule has 0 bridgehead atoms. The number of carboxylic acids is 1. The largest absolute Gasteiger partial charge is 0.480 e. The number of para-hydroxylation sites is 1. The highest BCUT2D eigenvalue weighted by Gasteiger charge is 2.58. The van der Waals surface area contributed by atoms with E-state index in [1.54, 1.807) is 6.07 Å². The quantitative estimate of drug-likeness (QED) is 0.429. The number of rotatable bonds is 6. The molecule has 2 aromatic carbocycles. The average molecular weight is 409 g/mol. The molecule has 8 nitrogen and oxygen atoms in total. The van der Waals surface area contributed by atoms with Crippen molar-refractivity contribution in [1.82, 2.24) is 5.32 Å². The summed E-state index contributed by atoms with van der Waals surface area (Å²) in [5.74, 6) is -0.330. The first-order chi connectivity index (χ1) is 14.3. The Morgan fingerprint density at radius 2 is 2.03 bits per heavy atom. The number of carboxylic acid groups (broad SMARTS) is 1. The van der Waals surface area contributed by atoms with E-state index < -0.39 is 22.0 Å². The van der Waals surface area contributed by atoms with Crippen LogP contribution in [0.15, 0.2) is 48.5 Å². The molecule has 2 aromatic rings. The number of ether oxygens (including phenoxy) is 1. The zero-order valence-corrected chi connectivity index (χ0v) is 16.8. The highest BCUT2D eigenvalue weighted by Crippen LogP contribution is 2.54. The molecule has 0 aliphatic carbocycles. The Kier molecular flexibility index (Phi) is 4.74. The van der Waals surface area contributed by atoms with Crippen LogP contribution >= 0.6 is 0 Å². The Bertz CT molecular complexity index is 1050. The van der Waals surface area contributed by atoms with Crippen molar-refractivity contribution >= 4 is 23.4 Å². The van der Waals surface area contributed by atoms with E-state index in [1.807, 2.05) is 30.4 Å². The first-order valence-corrected chi connectivity index (χ1v) is 9.72. The van der Waals surface area contributed by atoms with E-state index in [0.717, 1.165) is 11.3 Å². The van der Waals surface area contributed by atoms with Crippen molar-refractivity contribution < 1.29 is 19.6 Å². The predicted octanol–water partition coefficient (Wildman–Crippen LogP) is 3.17. The molecule has 2 heterocycles. The van der Waals surface area contributed by atoms with Crippen LogP contribution in [0.5, 0.6) is 5.75 Å². The van der Waals surface area contributed by atoms with Gasteiger partial charge in [-0.2, -0.15) is 0 Å². The molecule has 8 heteroatoms. The van der Waals surface area contributed by atoms with Gasteiger partial charge in [0.2, 0.25) is 5.72 Å². The van der Waals surface area contributed by atoms with Crippen LogP contribution in [0.1, 0.15) is 25.0 Å². The van der Waals surface area contributed by atoms with Crippen LogP contribution in [-0.2, 0) is 10.2 Å². The maximum atomic E-state index is 11.1. The monoisotopic (exact) mass is 409 g/mol. The third kappa shape index (κ3) is 3.00. The summed E-state index contributed by atoms with van der Waals surface area (Å²) < 4.78 is 6.58. The van der Waals surface area contributed by atoms with E-state index in [4.69, 9.17) is 9.84 Å². The molecule has 0 fully saturated rings. The number of benzene rings is 2. The summed E-state index contributed by atoms with van der Waals surface area (Å²) in [5, 5.41) is 23.0. The molecule has 1 unspecified atom stereocenters. The summed E-state index contributed by atoms with van der Waals surface area (Å²) in [6.07, 6.45) is 3.83. The van der Waals surface area contributed by atoms with Gasteiger partial charge in [0.05, 0.1) is 16.9 Å². The van der Waals surface area contributed by atoms with Gasteiger partial charge in [0.1, 0.15) is 5.75 Å². The second-order valence-corrected chi connectivity index (χ2v) is 7.98. The standard InChI is InChI=1S/C22H23N3O5/c1-21(2)17-5-3-4-6-18(17)24(12-11-23-14-20(26)27)22(21)10-9-15-13-16(25(28)29)7-8-19(15)30-22/h3-10,13,23H,11-12,14H2,1-2H3,(H,26,27). The third-order valence-corrected chi connectivity index (χ3v) is 5.91. The maximum absolute atomic E-state index is 11.1. The lowest BCUT2D eigenvalue weighted by molar-refractivity contribution is -0.384. The van der Waals surface area contributed by atoms with Crippen molar-refractivity contribution in [1.29, 1.82) is 0 Å². The summed E-state index contributed by atoms with van der Waals surface area (Å²) in [7, 11) is 0. The summed E-state index contributed by atoms with van der Waals surface area (Å²) in [6.45, 7) is 5.09. The maximum Gasteiger partial charge on any atom is 0.317 e. The van der Waals surface area contributed by atoms with Crippen molar-refractivity contribution in [2.24, 2.45) is 0 Å². The number of nitro groups is 1. The van der Waals surface area contributed by atoms with Gasteiger partial charge >= 0.3 is 5.97 Å². The molecular weight excluding hydrogens is 386 g/mol. The fourth-order valence-electron chi connectivity index (χ4n) is 4.38. The molecule has 0 amide bonds. The predicted molar refractivity (Wildman–Crippen MR) is 113 cm³/mol. The zero-order valence-electron chi connectivity index (χ0n) is 16.8. The molecule has 0 saturated carbocycles. The molecule has 1 spiro atoms. The van der Waals surface area contributed by atoms with Crippen LogP contribution in [0.4, 0.5) is 11.4 Å². The molecule has 0 radical (unpaired) electrons. The number of aliphatic carboxylic acids is 1. The van der Waals surface area contributed by atoms with Crippen molar-refractivity contribution in [3.63, 3.8) is 0 Å². The van der Waals surface area contributed by atoms with E-state index in [-0.39, 0.29) is 12.2 Å². The number of hydrogen-bond acceptors (Lipinski definition) is 6. The Morgan fingerprint density at radius 3 is 2.77 bits per heavy atom. The van der Waals surface area contributed by atoms with Crippen LogP contribution < -0.4 is 15.0 Å². The van der Waals surface area contributed by atoms with Gasteiger partial charge in [0, 0.05) is 36.5 Å². The van der Waals surface area contributed by atoms with Crippen molar-refractivity contribution in [2.75, 3.05) is 24.5 Å². The van der Waals surface area contributed by atoms with Crippen LogP contribution in [0.25, 0.3) is 6.08 Å².